The van der Waals surface area contributed by atoms with Crippen LogP contribution in [0.1, 0.15) is 6.92 Å². The van der Waals surface area contributed by atoms with E-state index in [0.717, 1.165) is 6.92 Å². The van der Waals surface area contributed by atoms with Crippen molar-refractivity contribution in [2.24, 2.45) is 0 Å². The molecule has 0 fully saturated rings. The first-order valence-corrected chi connectivity index (χ1v) is 3.02. The van der Waals surface area contributed by atoms with E-state index >= 15 is 0 Å². The molecule has 66 valence electrons. The van der Waals surface area contributed by atoms with Crippen molar-refractivity contribution in [2.45, 2.75) is 6.92 Å². The van der Waals surface area contributed by atoms with Crippen molar-refractivity contribution < 1.29 is 27.4 Å². The fraction of sp³-hybridized carbons (Fsp3) is 0.500. The maximum atomic E-state index is 9.00. The molecule has 0 unspecified atom stereocenters. The molecule has 9 heteroatoms. The number of carboxylic acids is 1. The van der Waals surface area contributed by atoms with Gasteiger partial charge in [-0.3, -0.25) is 13.9 Å². The van der Waals surface area contributed by atoms with E-state index in [1.165, 1.54) is 0 Å². The zero-order valence-electron chi connectivity index (χ0n) is 4.47. The third kappa shape index (κ3) is 724. The Morgan fingerprint density at radius 3 is 1.27 bits per heavy atom. The molecule has 0 amide bonds. The second kappa shape index (κ2) is 11.1. The van der Waals surface area contributed by atoms with Crippen LogP contribution >= 0.6 is 0 Å². The van der Waals surface area contributed by atoms with Gasteiger partial charge in [-0.2, -0.15) is 8.42 Å². The van der Waals surface area contributed by atoms with E-state index < -0.39 is 16.4 Å². The fourth-order valence-corrected chi connectivity index (χ4v) is 0. The maximum absolute atomic E-state index is 9.00. The van der Waals surface area contributed by atoms with Crippen LogP contribution in [0.4, 0.5) is 0 Å². The van der Waals surface area contributed by atoms with Gasteiger partial charge in [0.15, 0.2) is 17.4 Å². The van der Waals surface area contributed by atoms with E-state index in [-0.39, 0.29) is 55.1 Å². The van der Waals surface area contributed by atoms with Crippen molar-refractivity contribution in [1.29, 1.82) is 0 Å². The summed E-state index contributed by atoms with van der Waals surface area (Å²) in [5.74, 6) is -0.833. The van der Waals surface area contributed by atoms with Gasteiger partial charge < -0.3 is 5.11 Å². The first-order valence-electron chi connectivity index (χ1n) is 1.63. The predicted molar refractivity (Wildman–Crippen MR) is 46.0 cm³/mol. The molecule has 0 spiro atoms. The Bertz CT molecular complexity index is 163. The topological polar surface area (TPSA) is 112 Å². The molecule has 0 radical (unpaired) electrons. The summed E-state index contributed by atoms with van der Waals surface area (Å²) < 4.78 is 31.6. The minimum absolute atomic E-state index is 0. The van der Waals surface area contributed by atoms with E-state index in [1.807, 2.05) is 0 Å². The number of hydrogen-bond donors (Lipinski definition) is 3. The molecule has 0 atom stereocenters. The van der Waals surface area contributed by atoms with Crippen LogP contribution in [-0.4, -0.2) is 83.7 Å². The summed E-state index contributed by atoms with van der Waals surface area (Å²) in [6.07, 6.45) is 0. The standard InChI is InChI=1S/C2H4O2.Al.Ca.H2O4S.5H/c1-2(3)4;;;1-5(2,3)4;;;;;/h1H3,(H,3,4);;;(H2,1,2,3,4);;;;;. The van der Waals surface area contributed by atoms with E-state index in [1.54, 1.807) is 0 Å². The van der Waals surface area contributed by atoms with Gasteiger partial charge in [0, 0.05) is 6.92 Å². The average molecular weight is 230 g/mol. The molecule has 0 saturated carbocycles. The van der Waals surface area contributed by atoms with Crippen LogP contribution in [0.25, 0.3) is 0 Å². The van der Waals surface area contributed by atoms with Crippen LogP contribution in [0.3, 0.4) is 0 Å². The summed E-state index contributed by atoms with van der Waals surface area (Å²) in [6.45, 7) is 1.08. The normalized spacial score (nSPS) is 7.55. The Hall–Kier alpha value is 1.13. The third-order valence-electron chi connectivity index (χ3n) is 0. The van der Waals surface area contributed by atoms with Gasteiger partial charge in [-0.25, -0.2) is 0 Å². The SMILES string of the molecule is CC(=O)O.O=S(=O)(O)O.[AlH3].[CaH2]. The Morgan fingerprint density at radius 1 is 1.27 bits per heavy atom. The van der Waals surface area contributed by atoms with Crippen LogP contribution < -0.4 is 0 Å². The van der Waals surface area contributed by atoms with Gasteiger partial charge in [-0.05, 0) is 0 Å². The van der Waals surface area contributed by atoms with Gasteiger partial charge in [-0.1, -0.05) is 0 Å². The van der Waals surface area contributed by atoms with Crippen molar-refractivity contribution in [1.82, 2.24) is 0 Å². The second-order valence-electron chi connectivity index (χ2n) is 0.967. The number of rotatable bonds is 0. The minimum atomic E-state index is -4.67. The van der Waals surface area contributed by atoms with E-state index in [0.29, 0.717) is 0 Å². The Balaban J connectivity index is -0.0000000383. The van der Waals surface area contributed by atoms with Gasteiger partial charge >= 0.3 is 48.1 Å². The molecule has 0 aromatic heterocycles. The molecule has 3 N–H and O–H groups in total. The van der Waals surface area contributed by atoms with Crippen molar-refractivity contribution in [2.75, 3.05) is 0 Å². The molecule has 0 bridgehead atoms. The Morgan fingerprint density at radius 2 is 1.27 bits per heavy atom. The number of hydrogen-bond acceptors (Lipinski definition) is 3. The van der Waals surface area contributed by atoms with Crippen molar-refractivity contribution in [3.63, 3.8) is 0 Å². The van der Waals surface area contributed by atoms with Crippen molar-refractivity contribution in [3.8, 4) is 0 Å². The summed E-state index contributed by atoms with van der Waals surface area (Å²) in [5.41, 5.74) is 0. The number of carbonyl (C=O) groups is 1. The summed E-state index contributed by atoms with van der Waals surface area (Å²) >= 11 is 0. The molecule has 6 nitrogen and oxygen atoms in total. The monoisotopic (exact) mass is 230 g/mol. The van der Waals surface area contributed by atoms with Crippen LogP contribution in [-0.2, 0) is 15.2 Å². The van der Waals surface area contributed by atoms with Crippen molar-refractivity contribution >= 4 is 71.5 Å². The van der Waals surface area contributed by atoms with Crippen molar-refractivity contribution in [3.05, 3.63) is 0 Å². The van der Waals surface area contributed by atoms with Gasteiger partial charge in [-0.15, -0.1) is 0 Å². The molecule has 0 aromatic carbocycles. The zero-order chi connectivity index (χ0) is 8.08. The second-order valence-corrected chi connectivity index (χ2v) is 1.86. The number of carboxylic acid groups (broad SMARTS) is 1. The Labute approximate surface area is 105 Å². The molecule has 0 heterocycles. The summed E-state index contributed by atoms with van der Waals surface area (Å²) in [6, 6.07) is 0. The van der Waals surface area contributed by atoms with Crippen LogP contribution in [0.15, 0.2) is 0 Å². The molecule has 0 saturated heterocycles. The van der Waals surface area contributed by atoms with Gasteiger partial charge in [0.05, 0.1) is 0 Å². The first kappa shape index (κ1) is 22.7. The third-order valence-corrected chi connectivity index (χ3v) is 0. The molecule has 11 heavy (non-hydrogen) atoms. The van der Waals surface area contributed by atoms with E-state index in [2.05, 4.69) is 0 Å². The zero-order valence-corrected chi connectivity index (χ0v) is 5.29. The average Bonchev–Trinajstić information content (AvgIpc) is 1.19. The van der Waals surface area contributed by atoms with Crippen LogP contribution in [0.5, 0.6) is 0 Å². The molecular formula is C2H11AlCaO6S. The predicted octanol–water partition coefficient (Wildman–Crippen LogP) is -2.66. The molecular weight excluding hydrogens is 219 g/mol. The van der Waals surface area contributed by atoms with Gasteiger partial charge in [0.2, 0.25) is 0 Å². The summed E-state index contributed by atoms with van der Waals surface area (Å²) in [5, 5.41) is 7.42. The first-order chi connectivity index (χ1) is 3.73. The molecule has 0 aliphatic carbocycles. The van der Waals surface area contributed by atoms with E-state index in [9.17, 15) is 0 Å². The molecule has 0 aliphatic heterocycles. The van der Waals surface area contributed by atoms with Crippen LogP contribution in [0.2, 0.25) is 0 Å². The molecule has 0 rings (SSSR count). The molecule has 0 aromatic rings. The number of aliphatic carboxylic acids is 1. The Kier molecular flexibility index (Phi) is 23.0. The summed E-state index contributed by atoms with van der Waals surface area (Å²) in [7, 11) is -4.67. The van der Waals surface area contributed by atoms with Gasteiger partial charge in [0.25, 0.3) is 5.97 Å². The van der Waals surface area contributed by atoms with Crippen LogP contribution in [0, 0.1) is 0 Å². The van der Waals surface area contributed by atoms with Gasteiger partial charge in [0.1, 0.15) is 0 Å². The molecule has 0 aliphatic rings. The quantitative estimate of drug-likeness (QED) is 0.309. The van der Waals surface area contributed by atoms with E-state index in [4.69, 9.17) is 27.4 Å². The fourth-order valence-electron chi connectivity index (χ4n) is 0. The summed E-state index contributed by atoms with van der Waals surface area (Å²) in [4.78, 5) is 9.00.